The first-order valence-corrected chi connectivity index (χ1v) is 18.9. The number of aromatic nitrogens is 2. The maximum absolute atomic E-state index is 14.4. The van der Waals surface area contributed by atoms with Gasteiger partial charge in [0.1, 0.15) is 17.9 Å². The molecule has 0 aliphatic rings. The Morgan fingerprint density at radius 3 is 2.27 bits per heavy atom. The summed E-state index contributed by atoms with van der Waals surface area (Å²) in [6.45, 7) is 5.38. The van der Waals surface area contributed by atoms with Gasteiger partial charge < -0.3 is 34.1 Å². The molecule has 0 amide bonds. The van der Waals surface area contributed by atoms with Crippen molar-refractivity contribution in [3.05, 3.63) is 70.9 Å². The molecule has 2 aromatic carbocycles. The second-order valence-electron chi connectivity index (χ2n) is 12.0. The van der Waals surface area contributed by atoms with Crippen LogP contribution in [0.25, 0.3) is 21.8 Å². The normalized spacial score (nSPS) is 12.2. The summed E-state index contributed by atoms with van der Waals surface area (Å²) in [5, 5.41) is 10.9. The van der Waals surface area contributed by atoms with Crippen molar-refractivity contribution in [2.24, 2.45) is 0 Å². The fraction of sp³-hybridized carbons (Fsp3) is 0.486. The number of fused-ring (bicyclic) bond motifs is 3. The van der Waals surface area contributed by atoms with E-state index in [2.05, 4.69) is 35.1 Å². The number of carbonyl (C=O) groups is 1. The predicted octanol–water partition coefficient (Wildman–Crippen LogP) is 7.78. The fourth-order valence-electron chi connectivity index (χ4n) is 5.70. The number of nitrogens with zero attached hydrogens (tertiary/aromatic N) is 2. The molecule has 0 aliphatic carbocycles. The van der Waals surface area contributed by atoms with Crippen LogP contribution in [0.1, 0.15) is 62.3 Å². The van der Waals surface area contributed by atoms with Crippen LogP contribution in [0.5, 0.6) is 5.75 Å². The molecule has 0 aliphatic heterocycles. The summed E-state index contributed by atoms with van der Waals surface area (Å²) in [6, 6.07) is 14.0. The van der Waals surface area contributed by atoms with Crippen LogP contribution in [0, 0.1) is 0 Å². The van der Waals surface area contributed by atoms with Crippen molar-refractivity contribution in [3.63, 3.8) is 0 Å². The number of halogens is 2. The molecule has 0 bridgehead atoms. The lowest BCUT2D eigenvalue weighted by molar-refractivity contribution is -0.136. The third-order valence-corrected chi connectivity index (χ3v) is 10.4. The summed E-state index contributed by atoms with van der Waals surface area (Å²) < 4.78 is 67.4. The van der Waals surface area contributed by atoms with E-state index in [1.807, 2.05) is 30.5 Å². The molecule has 14 heteroatoms. The van der Waals surface area contributed by atoms with E-state index in [1.165, 1.54) is 25.0 Å². The summed E-state index contributed by atoms with van der Waals surface area (Å²) in [7, 11) is -4.56. The number of hydrogen-bond donors (Lipinski definition) is 2. The zero-order valence-electron chi connectivity index (χ0n) is 29.5. The molecule has 51 heavy (non-hydrogen) atoms. The first kappa shape index (κ1) is 40.0. The second-order valence-corrected chi connectivity index (χ2v) is 14.2. The van der Waals surface area contributed by atoms with Gasteiger partial charge in [-0.05, 0) is 86.1 Å². The highest BCUT2D eigenvalue weighted by atomic mass is 31.2. The molecule has 2 heterocycles. The topological polar surface area (TPSA) is 152 Å². The third kappa shape index (κ3) is 11.1. The number of nitrogens with two attached hydrogens (primary N) is 1. The lowest BCUT2D eigenvalue weighted by Gasteiger charge is -2.25. The number of aliphatic carboxylic acids is 1. The van der Waals surface area contributed by atoms with Crippen LogP contribution in [-0.4, -0.2) is 73.0 Å². The number of anilines is 1. The summed E-state index contributed by atoms with van der Waals surface area (Å²) in [5.74, 6) is 0.234. The van der Waals surface area contributed by atoms with Crippen molar-refractivity contribution in [2.75, 3.05) is 52.0 Å². The van der Waals surface area contributed by atoms with Crippen molar-refractivity contribution in [1.29, 1.82) is 0 Å². The van der Waals surface area contributed by atoms with Crippen LogP contribution in [0.4, 0.5) is 14.6 Å². The standard InChI is InChI=1S/C37H48F2N3O8P/c1-4-7-29-24-30(48-21-20-47-19-18-46-17-16-37(38,39)51(45,49-5-2)50-6-3)13-12-28(29)11-8-27-22-32-31-14-9-26(10-15-34(43)44)23-33(31)42-36(40)35(32)41-25-27/h9,12-14,22-25H,4-8,10-11,15-21H2,1-3H3,(H2,40,42)(H,43,44). The number of alkyl halides is 2. The molecular formula is C37H48F2N3O8P. The number of ether oxygens (including phenoxy) is 3. The number of nitrogen functional groups attached to an aromatic ring is 1. The second kappa shape index (κ2) is 19.2. The number of rotatable bonds is 23. The molecule has 3 N–H and O–H groups in total. The lowest BCUT2D eigenvalue weighted by Crippen LogP contribution is -2.23. The van der Waals surface area contributed by atoms with Gasteiger partial charge in [-0.15, -0.1) is 0 Å². The van der Waals surface area contributed by atoms with Crippen LogP contribution >= 0.6 is 7.60 Å². The maximum Gasteiger partial charge on any atom is 0.399 e. The molecule has 278 valence electrons. The Kier molecular flexibility index (Phi) is 15.1. The van der Waals surface area contributed by atoms with Gasteiger partial charge in [0.2, 0.25) is 0 Å². The molecule has 2 aromatic heterocycles. The third-order valence-electron chi connectivity index (χ3n) is 8.20. The van der Waals surface area contributed by atoms with Gasteiger partial charge in [-0.3, -0.25) is 14.3 Å². The minimum absolute atomic E-state index is 0.0490. The maximum atomic E-state index is 14.4. The van der Waals surface area contributed by atoms with E-state index in [4.69, 9.17) is 34.1 Å². The smallest absolute Gasteiger partial charge is 0.399 e. The summed E-state index contributed by atoms with van der Waals surface area (Å²) in [5.41, 5.74) is 8.37. The SMILES string of the molecule is CCCc1cc(OCCOCCOCCC(F)(F)P(=O)(OCC)OCC)ccc1CCc1cnc2c(N)nc3cc(CCC(=O)O)ccc3c2c1. The van der Waals surface area contributed by atoms with Crippen molar-refractivity contribution >= 4 is 41.2 Å². The molecule has 11 nitrogen and oxygen atoms in total. The Bertz CT molecular complexity index is 1800. The monoisotopic (exact) mass is 731 g/mol. The number of carboxylic acids is 1. The van der Waals surface area contributed by atoms with Gasteiger partial charge in [0.05, 0.1) is 45.2 Å². The van der Waals surface area contributed by atoms with E-state index in [0.29, 0.717) is 31.0 Å². The summed E-state index contributed by atoms with van der Waals surface area (Å²) >= 11 is 0. The van der Waals surface area contributed by atoms with E-state index in [9.17, 15) is 18.1 Å². The summed E-state index contributed by atoms with van der Waals surface area (Å²) in [6.07, 6.45) is 4.98. The molecule has 4 rings (SSSR count). The molecule has 0 fully saturated rings. The first-order valence-electron chi connectivity index (χ1n) is 17.4. The quantitative estimate of drug-likeness (QED) is 0.0437. The number of hydrogen-bond acceptors (Lipinski definition) is 10. The van der Waals surface area contributed by atoms with E-state index < -0.39 is 25.6 Å². The van der Waals surface area contributed by atoms with E-state index in [0.717, 1.165) is 58.8 Å². The first-order chi connectivity index (χ1) is 24.5. The van der Waals surface area contributed by atoms with Gasteiger partial charge in [-0.1, -0.05) is 31.5 Å². The Morgan fingerprint density at radius 2 is 1.57 bits per heavy atom. The van der Waals surface area contributed by atoms with E-state index in [-0.39, 0.29) is 39.5 Å². The summed E-state index contributed by atoms with van der Waals surface area (Å²) in [4.78, 5) is 20.2. The van der Waals surface area contributed by atoms with Gasteiger partial charge in [0.15, 0.2) is 5.82 Å². The Balaban J connectivity index is 1.26. The molecular weight excluding hydrogens is 683 g/mol. The van der Waals surface area contributed by atoms with Crippen LogP contribution in [0.3, 0.4) is 0 Å². The molecule has 0 unspecified atom stereocenters. The van der Waals surface area contributed by atoms with E-state index in [1.54, 1.807) is 0 Å². The Morgan fingerprint density at radius 1 is 0.843 bits per heavy atom. The van der Waals surface area contributed by atoms with Crippen LogP contribution in [-0.2, 0) is 53.6 Å². The fourth-order valence-corrected chi connectivity index (χ4v) is 7.19. The average molecular weight is 732 g/mol. The van der Waals surface area contributed by atoms with Crippen LogP contribution in [0.2, 0.25) is 0 Å². The molecule has 0 saturated heterocycles. The van der Waals surface area contributed by atoms with Gasteiger partial charge in [-0.2, -0.15) is 8.78 Å². The zero-order valence-corrected chi connectivity index (χ0v) is 30.4. The van der Waals surface area contributed by atoms with Crippen molar-refractivity contribution in [2.45, 2.75) is 71.4 Å². The largest absolute Gasteiger partial charge is 0.491 e. The van der Waals surface area contributed by atoms with E-state index >= 15 is 0 Å². The highest BCUT2D eigenvalue weighted by molar-refractivity contribution is 7.55. The minimum Gasteiger partial charge on any atom is -0.491 e. The van der Waals surface area contributed by atoms with Gasteiger partial charge >= 0.3 is 19.2 Å². The molecule has 0 atom stereocenters. The number of aryl methyl sites for hydroxylation is 4. The molecule has 4 aromatic rings. The number of carboxylic acid groups (broad SMARTS) is 1. The van der Waals surface area contributed by atoms with Crippen LogP contribution < -0.4 is 10.5 Å². The van der Waals surface area contributed by atoms with Gasteiger partial charge in [-0.25, -0.2) is 4.98 Å². The minimum atomic E-state index is -4.56. The Labute approximate surface area is 297 Å². The lowest BCUT2D eigenvalue weighted by atomic mass is 9.96. The Hall–Kier alpha value is -3.74. The van der Waals surface area contributed by atoms with Crippen molar-refractivity contribution < 1.29 is 46.5 Å². The highest BCUT2D eigenvalue weighted by Gasteiger charge is 2.52. The predicted molar refractivity (Wildman–Crippen MR) is 193 cm³/mol. The number of benzene rings is 2. The zero-order chi connectivity index (χ0) is 36.9. The molecule has 0 saturated carbocycles. The number of pyridine rings is 2. The molecule has 0 radical (unpaired) electrons. The van der Waals surface area contributed by atoms with Gasteiger partial charge in [0.25, 0.3) is 0 Å². The van der Waals surface area contributed by atoms with Crippen molar-refractivity contribution in [1.82, 2.24) is 9.97 Å². The molecule has 0 spiro atoms. The van der Waals surface area contributed by atoms with Gasteiger partial charge in [0, 0.05) is 29.8 Å². The highest BCUT2D eigenvalue weighted by Crippen LogP contribution is 2.63. The van der Waals surface area contributed by atoms with Crippen LogP contribution in [0.15, 0.2) is 48.7 Å². The van der Waals surface area contributed by atoms with Crippen molar-refractivity contribution in [3.8, 4) is 5.75 Å². The average Bonchev–Trinajstić information content (AvgIpc) is 3.09.